The quantitative estimate of drug-likeness (QED) is 0.460. The van der Waals surface area contributed by atoms with Gasteiger partial charge in [0.05, 0.1) is 11.4 Å². The third kappa shape index (κ3) is 5.11. The largest absolute Gasteiger partial charge is 0.487 e. The Hall–Kier alpha value is -3.74. The zero-order valence-electron chi connectivity index (χ0n) is 18.6. The van der Waals surface area contributed by atoms with Crippen LogP contribution in [0.25, 0.3) is 5.65 Å². The van der Waals surface area contributed by atoms with Crippen molar-refractivity contribution < 1.29 is 9.53 Å². The van der Waals surface area contributed by atoms with Crippen LogP contribution in [-0.2, 0) is 24.4 Å². The number of hydrogen-bond acceptors (Lipinski definition) is 5. The average Bonchev–Trinajstić information content (AvgIpc) is 3.17. The summed E-state index contributed by atoms with van der Waals surface area (Å²) in [5.41, 5.74) is 6.68. The predicted octanol–water partition coefficient (Wildman–Crippen LogP) is 3.88. The lowest BCUT2D eigenvalue weighted by Crippen LogP contribution is -2.23. The Morgan fingerprint density at radius 2 is 1.97 bits per heavy atom. The number of nitrogens with one attached hydrogen (secondary N) is 1. The highest BCUT2D eigenvalue weighted by molar-refractivity contribution is 5.76. The van der Waals surface area contributed by atoms with E-state index in [2.05, 4.69) is 20.4 Å². The number of carbonyl (C=O) groups is 1. The van der Waals surface area contributed by atoms with Gasteiger partial charge in [0.15, 0.2) is 5.65 Å². The van der Waals surface area contributed by atoms with Gasteiger partial charge in [-0.2, -0.15) is 5.10 Å². The summed E-state index contributed by atoms with van der Waals surface area (Å²) in [6.45, 7) is 6.82. The van der Waals surface area contributed by atoms with Gasteiger partial charge in [-0.1, -0.05) is 18.2 Å². The summed E-state index contributed by atoms with van der Waals surface area (Å²) >= 11 is 0. The standard InChI is InChI=1S/C25H27N5O2/c1-17-13-24-28-18(2)23(19(3)30(24)29-17)10-11-25(31)27-15-20-7-6-9-22(14-20)32-16-21-8-4-5-12-26-21/h4-9,12-14H,10-11,15-16H2,1-3H3,(H,27,31). The van der Waals surface area contributed by atoms with E-state index < -0.39 is 0 Å². The van der Waals surface area contributed by atoms with Crippen LogP contribution in [0.1, 0.15) is 40.3 Å². The van der Waals surface area contributed by atoms with Crippen molar-refractivity contribution in [1.82, 2.24) is 24.9 Å². The second kappa shape index (κ2) is 9.60. The number of aromatic nitrogens is 4. The summed E-state index contributed by atoms with van der Waals surface area (Å²) in [7, 11) is 0. The normalized spacial score (nSPS) is 11.0. The molecule has 4 aromatic rings. The molecule has 1 N–H and O–H groups in total. The van der Waals surface area contributed by atoms with E-state index in [0.717, 1.165) is 45.3 Å². The zero-order valence-corrected chi connectivity index (χ0v) is 18.6. The van der Waals surface area contributed by atoms with Gasteiger partial charge >= 0.3 is 0 Å². The summed E-state index contributed by atoms with van der Waals surface area (Å²) in [6.07, 6.45) is 2.77. The van der Waals surface area contributed by atoms with E-state index in [9.17, 15) is 4.79 Å². The van der Waals surface area contributed by atoms with Crippen LogP contribution in [0.3, 0.4) is 0 Å². The first-order valence-electron chi connectivity index (χ1n) is 10.7. The van der Waals surface area contributed by atoms with Crippen molar-refractivity contribution >= 4 is 11.6 Å². The van der Waals surface area contributed by atoms with E-state index in [-0.39, 0.29) is 5.91 Å². The topological polar surface area (TPSA) is 81.4 Å². The van der Waals surface area contributed by atoms with E-state index in [0.29, 0.717) is 26.0 Å². The number of carbonyl (C=O) groups excluding carboxylic acids is 1. The Kier molecular flexibility index (Phi) is 6.44. The number of ether oxygens (including phenoxy) is 1. The van der Waals surface area contributed by atoms with E-state index >= 15 is 0 Å². The van der Waals surface area contributed by atoms with Crippen LogP contribution < -0.4 is 10.1 Å². The van der Waals surface area contributed by atoms with Crippen LogP contribution in [-0.4, -0.2) is 25.5 Å². The van der Waals surface area contributed by atoms with E-state index in [1.54, 1.807) is 6.20 Å². The first-order chi connectivity index (χ1) is 15.5. The fourth-order valence-electron chi connectivity index (χ4n) is 3.72. The minimum atomic E-state index is 0.000324. The predicted molar refractivity (Wildman–Crippen MR) is 122 cm³/mol. The molecule has 32 heavy (non-hydrogen) atoms. The van der Waals surface area contributed by atoms with Gasteiger partial charge in [-0.25, -0.2) is 9.50 Å². The lowest BCUT2D eigenvalue weighted by atomic mass is 10.1. The maximum Gasteiger partial charge on any atom is 0.220 e. The molecule has 0 aliphatic carbocycles. The van der Waals surface area contributed by atoms with Crippen molar-refractivity contribution in [1.29, 1.82) is 0 Å². The van der Waals surface area contributed by atoms with E-state index in [4.69, 9.17) is 4.74 Å². The highest BCUT2D eigenvalue weighted by Crippen LogP contribution is 2.18. The van der Waals surface area contributed by atoms with Crippen molar-refractivity contribution in [3.8, 4) is 5.75 Å². The van der Waals surface area contributed by atoms with Crippen molar-refractivity contribution in [3.05, 3.63) is 88.6 Å². The number of rotatable bonds is 8. The summed E-state index contributed by atoms with van der Waals surface area (Å²) in [6, 6.07) is 15.4. The molecule has 0 radical (unpaired) electrons. The lowest BCUT2D eigenvalue weighted by Gasteiger charge is -2.12. The first-order valence-corrected chi connectivity index (χ1v) is 10.7. The molecule has 7 nitrogen and oxygen atoms in total. The molecule has 1 amide bonds. The molecular weight excluding hydrogens is 402 g/mol. The Bertz CT molecular complexity index is 1230. The van der Waals surface area contributed by atoms with E-state index in [1.165, 1.54) is 0 Å². The second-order valence-electron chi connectivity index (χ2n) is 7.85. The minimum Gasteiger partial charge on any atom is -0.487 e. The van der Waals surface area contributed by atoms with Gasteiger partial charge in [-0.05, 0) is 62.6 Å². The summed E-state index contributed by atoms with van der Waals surface area (Å²) in [5, 5.41) is 7.50. The molecule has 0 atom stereocenters. The molecule has 7 heteroatoms. The zero-order chi connectivity index (χ0) is 22.5. The molecule has 0 saturated heterocycles. The van der Waals surface area contributed by atoms with Gasteiger partial charge in [-0.3, -0.25) is 9.78 Å². The van der Waals surface area contributed by atoms with Crippen LogP contribution in [0.5, 0.6) is 5.75 Å². The summed E-state index contributed by atoms with van der Waals surface area (Å²) in [5.74, 6) is 0.753. The van der Waals surface area contributed by atoms with Gasteiger partial charge in [0.25, 0.3) is 0 Å². The summed E-state index contributed by atoms with van der Waals surface area (Å²) < 4.78 is 7.67. The molecular formula is C25H27N5O2. The number of hydrogen-bond donors (Lipinski definition) is 1. The Morgan fingerprint density at radius 1 is 1.09 bits per heavy atom. The van der Waals surface area contributed by atoms with E-state index in [1.807, 2.05) is 73.8 Å². The number of amides is 1. The fourth-order valence-corrected chi connectivity index (χ4v) is 3.72. The van der Waals surface area contributed by atoms with Crippen LogP contribution in [0.2, 0.25) is 0 Å². The molecule has 0 saturated carbocycles. The monoisotopic (exact) mass is 429 g/mol. The molecule has 3 heterocycles. The van der Waals surface area contributed by atoms with Crippen molar-refractivity contribution in [2.45, 2.75) is 46.8 Å². The van der Waals surface area contributed by atoms with Crippen LogP contribution in [0, 0.1) is 20.8 Å². The SMILES string of the molecule is Cc1cc2nc(C)c(CCC(=O)NCc3cccc(OCc4ccccn4)c3)c(C)n2n1. The number of pyridine rings is 1. The average molecular weight is 430 g/mol. The van der Waals surface area contributed by atoms with Gasteiger partial charge in [0, 0.05) is 36.6 Å². The van der Waals surface area contributed by atoms with Gasteiger partial charge in [0.2, 0.25) is 5.91 Å². The van der Waals surface area contributed by atoms with Gasteiger partial charge < -0.3 is 10.1 Å². The maximum absolute atomic E-state index is 12.5. The van der Waals surface area contributed by atoms with Crippen LogP contribution >= 0.6 is 0 Å². The number of aryl methyl sites for hydroxylation is 3. The van der Waals surface area contributed by atoms with Crippen LogP contribution in [0.15, 0.2) is 54.7 Å². The number of benzene rings is 1. The third-order valence-corrected chi connectivity index (χ3v) is 5.39. The Balaban J connectivity index is 1.31. The summed E-state index contributed by atoms with van der Waals surface area (Å²) in [4.78, 5) is 21.4. The number of fused-ring (bicyclic) bond motifs is 1. The third-order valence-electron chi connectivity index (χ3n) is 5.39. The van der Waals surface area contributed by atoms with Crippen molar-refractivity contribution in [2.75, 3.05) is 0 Å². The molecule has 1 aromatic carbocycles. The highest BCUT2D eigenvalue weighted by Gasteiger charge is 2.13. The maximum atomic E-state index is 12.5. The highest BCUT2D eigenvalue weighted by atomic mass is 16.5. The molecule has 0 unspecified atom stereocenters. The molecule has 0 aliphatic rings. The molecule has 4 rings (SSSR count). The molecule has 0 bridgehead atoms. The molecule has 0 spiro atoms. The molecule has 164 valence electrons. The van der Waals surface area contributed by atoms with Gasteiger partial charge in [0.1, 0.15) is 12.4 Å². The lowest BCUT2D eigenvalue weighted by molar-refractivity contribution is -0.121. The Labute approximate surface area is 187 Å². The molecule has 0 fully saturated rings. The number of nitrogens with zero attached hydrogens (tertiary/aromatic N) is 4. The first kappa shape index (κ1) is 21.5. The Morgan fingerprint density at radius 3 is 2.78 bits per heavy atom. The molecule has 3 aromatic heterocycles. The fraction of sp³-hybridized carbons (Fsp3) is 0.280. The van der Waals surface area contributed by atoms with Gasteiger partial charge in [-0.15, -0.1) is 0 Å². The van der Waals surface area contributed by atoms with Crippen molar-refractivity contribution in [2.24, 2.45) is 0 Å². The minimum absolute atomic E-state index is 0.000324. The van der Waals surface area contributed by atoms with Crippen LogP contribution in [0.4, 0.5) is 0 Å². The smallest absolute Gasteiger partial charge is 0.220 e. The van der Waals surface area contributed by atoms with Crippen molar-refractivity contribution in [3.63, 3.8) is 0 Å². The molecule has 0 aliphatic heterocycles. The second-order valence-corrected chi connectivity index (χ2v) is 7.85.